The number of aliphatic imine (C=N–C) groups is 1. The minimum atomic E-state index is -5.07. The van der Waals surface area contributed by atoms with Gasteiger partial charge in [-0.25, -0.2) is 9.98 Å². The number of nitriles is 1. The predicted molar refractivity (Wildman–Crippen MR) is 124 cm³/mol. The van der Waals surface area contributed by atoms with Gasteiger partial charge in [-0.05, 0) is 37.1 Å². The third kappa shape index (κ3) is 5.39. The van der Waals surface area contributed by atoms with Gasteiger partial charge in [0.15, 0.2) is 11.5 Å². The molecule has 1 aromatic carbocycles. The van der Waals surface area contributed by atoms with Crippen LogP contribution in [0.15, 0.2) is 58.3 Å². The SMILES string of the molecule is Cc1nc(-n2nccn2)c(C#N)cc1NC(=O)C(=CN)C(=Nc1cccc(N)c1SN)C(F)(F)F. The lowest BCUT2D eigenvalue weighted by Crippen LogP contribution is -2.32. The van der Waals surface area contributed by atoms with E-state index >= 15 is 0 Å². The second-order valence-corrected chi connectivity index (χ2v) is 7.37. The summed E-state index contributed by atoms with van der Waals surface area (Å²) in [4.78, 5) is 21.9. The molecular weight excluding hydrogens is 485 g/mol. The van der Waals surface area contributed by atoms with Gasteiger partial charge in [0, 0.05) is 11.9 Å². The summed E-state index contributed by atoms with van der Waals surface area (Å²) in [6, 6.07) is 7.21. The number of amides is 1. The summed E-state index contributed by atoms with van der Waals surface area (Å²) in [7, 11) is 0. The van der Waals surface area contributed by atoms with Gasteiger partial charge in [-0.3, -0.25) is 9.93 Å². The Hall–Kier alpha value is -4.42. The molecule has 15 heteroatoms. The number of rotatable bonds is 6. The Morgan fingerprint density at radius 2 is 2.00 bits per heavy atom. The summed E-state index contributed by atoms with van der Waals surface area (Å²) in [5.74, 6) is -1.15. The number of anilines is 2. The Kier molecular flexibility index (Phi) is 7.37. The molecule has 180 valence electrons. The van der Waals surface area contributed by atoms with Crippen LogP contribution in [0.5, 0.6) is 0 Å². The minimum absolute atomic E-state index is 0.0227. The van der Waals surface area contributed by atoms with E-state index < -0.39 is 23.4 Å². The van der Waals surface area contributed by atoms with Crippen molar-refractivity contribution in [2.75, 3.05) is 11.1 Å². The number of aryl methyl sites for hydroxylation is 1. The lowest BCUT2D eigenvalue weighted by molar-refractivity contribution is -0.113. The molecule has 0 aliphatic heterocycles. The number of hydrogen-bond donors (Lipinski definition) is 4. The molecule has 2 aromatic heterocycles. The zero-order valence-electron chi connectivity index (χ0n) is 17.9. The van der Waals surface area contributed by atoms with E-state index in [0.29, 0.717) is 18.1 Å². The van der Waals surface area contributed by atoms with Crippen molar-refractivity contribution in [2.45, 2.75) is 18.0 Å². The predicted octanol–water partition coefficient (Wildman–Crippen LogP) is 2.51. The number of aromatic nitrogens is 4. The fourth-order valence-electron chi connectivity index (χ4n) is 2.89. The van der Waals surface area contributed by atoms with Crippen LogP contribution in [0.25, 0.3) is 5.82 Å². The van der Waals surface area contributed by atoms with Crippen LogP contribution in [0.4, 0.5) is 30.2 Å². The van der Waals surface area contributed by atoms with Crippen molar-refractivity contribution in [1.29, 1.82) is 5.26 Å². The van der Waals surface area contributed by atoms with Crippen molar-refractivity contribution in [2.24, 2.45) is 15.9 Å². The maximum absolute atomic E-state index is 13.9. The van der Waals surface area contributed by atoms with Gasteiger partial charge in [-0.15, -0.1) is 4.80 Å². The number of carbonyl (C=O) groups excluding carboxylic acids is 1. The molecule has 0 radical (unpaired) electrons. The van der Waals surface area contributed by atoms with Crippen LogP contribution >= 0.6 is 11.9 Å². The number of nitrogen functional groups attached to an aromatic ring is 1. The molecule has 35 heavy (non-hydrogen) atoms. The summed E-state index contributed by atoms with van der Waals surface area (Å²) in [5, 5.41) is 25.1. The summed E-state index contributed by atoms with van der Waals surface area (Å²) in [6.45, 7) is 1.48. The average molecular weight is 502 g/mol. The fraction of sp³-hybridized carbons (Fsp3) is 0.100. The van der Waals surface area contributed by atoms with Gasteiger partial charge in [-0.1, -0.05) is 6.07 Å². The van der Waals surface area contributed by atoms with Crippen LogP contribution in [0.2, 0.25) is 0 Å². The van der Waals surface area contributed by atoms with Gasteiger partial charge < -0.3 is 16.8 Å². The smallest absolute Gasteiger partial charge is 0.404 e. The molecule has 0 unspecified atom stereocenters. The second kappa shape index (κ2) is 10.2. The number of carbonyl (C=O) groups is 1. The first-order chi connectivity index (χ1) is 16.6. The molecular formula is C20H17F3N10OS. The first kappa shape index (κ1) is 25.2. The molecule has 1 amide bonds. The highest BCUT2D eigenvalue weighted by atomic mass is 32.2. The van der Waals surface area contributed by atoms with Gasteiger partial charge in [0.1, 0.15) is 11.6 Å². The van der Waals surface area contributed by atoms with E-state index in [1.54, 1.807) is 0 Å². The molecule has 0 aliphatic rings. The molecule has 0 bridgehead atoms. The van der Waals surface area contributed by atoms with Crippen molar-refractivity contribution in [1.82, 2.24) is 20.0 Å². The zero-order valence-corrected chi connectivity index (χ0v) is 18.7. The average Bonchev–Trinajstić information content (AvgIpc) is 3.34. The molecule has 3 aromatic rings. The first-order valence-electron chi connectivity index (χ1n) is 9.53. The zero-order chi connectivity index (χ0) is 25.8. The van der Waals surface area contributed by atoms with E-state index in [0.717, 1.165) is 4.80 Å². The van der Waals surface area contributed by atoms with E-state index in [1.807, 2.05) is 6.07 Å². The highest BCUT2D eigenvalue weighted by molar-refractivity contribution is 7.97. The second-order valence-electron chi connectivity index (χ2n) is 6.73. The van der Waals surface area contributed by atoms with Gasteiger partial charge >= 0.3 is 6.18 Å². The van der Waals surface area contributed by atoms with Gasteiger partial charge in [0.25, 0.3) is 5.91 Å². The third-order valence-corrected chi connectivity index (χ3v) is 5.16. The molecule has 3 rings (SSSR count). The largest absolute Gasteiger partial charge is 0.434 e. The summed E-state index contributed by atoms with van der Waals surface area (Å²) >= 11 is 0.609. The minimum Gasteiger partial charge on any atom is -0.404 e. The van der Waals surface area contributed by atoms with E-state index in [9.17, 15) is 23.2 Å². The Labute approximate surface area is 200 Å². The standard InChI is InChI=1S/C20H17F3N10OS/c1-10-15(7-11(8-24)18(30-10)33-28-5-6-29-33)32-19(34)12(9-25)17(20(21,22)23)31-14-4-2-3-13(26)16(14)35-27/h2-7,9H,25-27H2,1H3,(H,32,34). The Balaban J connectivity index is 2.03. The molecule has 11 nitrogen and oxygen atoms in total. The van der Waals surface area contributed by atoms with Crippen molar-refractivity contribution in [3.05, 3.63) is 59.7 Å². The van der Waals surface area contributed by atoms with E-state index in [-0.39, 0.29) is 39.0 Å². The molecule has 0 saturated carbocycles. The van der Waals surface area contributed by atoms with Crippen LogP contribution < -0.4 is 21.9 Å². The number of benzene rings is 1. The van der Waals surface area contributed by atoms with Crippen molar-refractivity contribution >= 4 is 40.6 Å². The quantitative estimate of drug-likeness (QED) is 0.170. The number of nitrogens with two attached hydrogens (primary N) is 3. The summed E-state index contributed by atoms with van der Waals surface area (Å²) < 4.78 is 41.8. The van der Waals surface area contributed by atoms with Crippen LogP contribution in [-0.4, -0.2) is 37.8 Å². The Morgan fingerprint density at radius 1 is 1.31 bits per heavy atom. The van der Waals surface area contributed by atoms with Crippen LogP contribution in [-0.2, 0) is 4.79 Å². The van der Waals surface area contributed by atoms with Crippen LogP contribution in [0.3, 0.4) is 0 Å². The molecule has 0 spiro atoms. The lowest BCUT2D eigenvalue weighted by atomic mass is 10.1. The molecule has 0 fully saturated rings. The highest BCUT2D eigenvalue weighted by Gasteiger charge is 2.41. The highest BCUT2D eigenvalue weighted by Crippen LogP contribution is 2.34. The normalized spacial score (nSPS) is 12.3. The molecule has 0 atom stereocenters. The summed E-state index contributed by atoms with van der Waals surface area (Å²) in [6.07, 6.45) is -1.83. The van der Waals surface area contributed by atoms with Crippen molar-refractivity contribution in [3.63, 3.8) is 0 Å². The lowest BCUT2D eigenvalue weighted by Gasteiger charge is -2.16. The molecule has 2 heterocycles. The number of pyridine rings is 1. The number of nitrogens with one attached hydrogen (secondary N) is 1. The number of alkyl halides is 3. The summed E-state index contributed by atoms with van der Waals surface area (Å²) in [5.41, 5.74) is 8.69. The van der Waals surface area contributed by atoms with Crippen molar-refractivity contribution < 1.29 is 18.0 Å². The van der Waals surface area contributed by atoms with E-state index in [1.165, 1.54) is 43.6 Å². The molecule has 0 aliphatic carbocycles. The van der Waals surface area contributed by atoms with Crippen LogP contribution in [0, 0.1) is 18.3 Å². The fourth-order valence-corrected chi connectivity index (χ4v) is 3.32. The van der Waals surface area contributed by atoms with Crippen LogP contribution in [0.1, 0.15) is 11.3 Å². The van der Waals surface area contributed by atoms with Gasteiger partial charge in [0.05, 0.1) is 39.9 Å². The first-order valence-corrected chi connectivity index (χ1v) is 10.4. The number of nitrogens with zero attached hydrogens (tertiary/aromatic N) is 6. The topological polar surface area (TPSA) is 187 Å². The number of hydrogen-bond acceptors (Lipinski definition) is 10. The van der Waals surface area contributed by atoms with Gasteiger partial charge in [0.2, 0.25) is 0 Å². The Morgan fingerprint density at radius 3 is 2.57 bits per heavy atom. The Bertz CT molecular complexity index is 1360. The van der Waals surface area contributed by atoms with E-state index in [2.05, 4.69) is 25.5 Å². The number of halogens is 3. The van der Waals surface area contributed by atoms with Gasteiger partial charge in [-0.2, -0.15) is 28.6 Å². The maximum Gasteiger partial charge on any atom is 0.434 e. The van der Waals surface area contributed by atoms with E-state index in [4.69, 9.17) is 16.6 Å². The monoisotopic (exact) mass is 502 g/mol. The maximum atomic E-state index is 13.9. The third-order valence-electron chi connectivity index (χ3n) is 4.48. The van der Waals surface area contributed by atoms with Crippen molar-refractivity contribution in [3.8, 4) is 11.9 Å². The molecule has 7 N–H and O–H groups in total. The molecule has 0 saturated heterocycles.